The van der Waals surface area contributed by atoms with Crippen molar-refractivity contribution in [3.8, 4) is 0 Å². The fourth-order valence-electron chi connectivity index (χ4n) is 6.13. The van der Waals surface area contributed by atoms with E-state index in [-0.39, 0.29) is 23.5 Å². The molecule has 0 unspecified atom stereocenters. The number of allylic oxidation sites excluding steroid dienone is 8. The van der Waals surface area contributed by atoms with Gasteiger partial charge >= 0.3 is 11.9 Å². The molecule has 54 heavy (non-hydrogen) atoms. The summed E-state index contributed by atoms with van der Waals surface area (Å²) in [6.45, 7) is 11.3. The monoisotopic (exact) mass is 771 g/mol. The van der Waals surface area contributed by atoms with E-state index in [1.54, 1.807) is 35.1 Å². The summed E-state index contributed by atoms with van der Waals surface area (Å²) in [5.41, 5.74) is -1.03. The largest absolute Gasteiger partial charge is 0.457 e. The van der Waals surface area contributed by atoms with Crippen LogP contribution >= 0.6 is 22.7 Å². The maximum absolute atomic E-state index is 13.3. The maximum atomic E-state index is 13.3. The molecule has 1 saturated heterocycles. The molecule has 0 radical (unpaired) electrons. The number of hydrogen-bond acceptors (Lipinski definition) is 11. The number of rotatable bonds is 6. The van der Waals surface area contributed by atoms with Gasteiger partial charge in [0.2, 0.25) is 0 Å². The van der Waals surface area contributed by atoms with Gasteiger partial charge in [0.05, 0.1) is 12.2 Å². The molecule has 5 rings (SSSR count). The van der Waals surface area contributed by atoms with E-state index in [1.165, 1.54) is 22.7 Å². The molecule has 0 spiro atoms. The molecular weight excluding hydrogens is 719 g/mol. The van der Waals surface area contributed by atoms with E-state index in [0.29, 0.717) is 34.7 Å². The van der Waals surface area contributed by atoms with Crippen molar-refractivity contribution in [3.05, 3.63) is 117 Å². The Morgan fingerprint density at radius 2 is 1.19 bits per heavy atom. The molecule has 2 aromatic rings. The zero-order chi connectivity index (χ0) is 38.9. The van der Waals surface area contributed by atoms with Crippen LogP contribution in [-0.4, -0.2) is 68.6 Å². The average Bonchev–Trinajstić information content (AvgIpc) is 3.93. The van der Waals surface area contributed by atoms with Gasteiger partial charge in [0, 0.05) is 46.5 Å². The van der Waals surface area contributed by atoms with Crippen LogP contribution in [0.1, 0.15) is 91.8 Å². The Balaban J connectivity index is 1.35. The first-order valence-electron chi connectivity index (χ1n) is 18.6. The fraction of sp³-hybridized carbons (Fsp3) is 0.442. The number of aromatic nitrogens is 2. The quantitative estimate of drug-likeness (QED) is 0.150. The molecule has 0 amide bonds. The van der Waals surface area contributed by atoms with E-state index in [2.05, 4.69) is 45.7 Å². The van der Waals surface area contributed by atoms with Gasteiger partial charge in [-0.2, -0.15) is 0 Å². The van der Waals surface area contributed by atoms with E-state index >= 15 is 0 Å². The Kier molecular flexibility index (Phi) is 14.1. The van der Waals surface area contributed by atoms with Crippen LogP contribution in [0.25, 0.3) is 12.2 Å². The summed E-state index contributed by atoms with van der Waals surface area (Å²) in [4.78, 5) is 35.6. The third-order valence-corrected chi connectivity index (χ3v) is 11.9. The van der Waals surface area contributed by atoms with Crippen molar-refractivity contribution in [2.75, 3.05) is 0 Å². The van der Waals surface area contributed by atoms with Crippen molar-refractivity contribution in [2.24, 2.45) is 22.7 Å². The van der Waals surface area contributed by atoms with Crippen LogP contribution in [0, 0.1) is 22.7 Å². The highest BCUT2D eigenvalue weighted by Gasteiger charge is 2.40. The molecule has 3 N–H and O–H groups in total. The van der Waals surface area contributed by atoms with Crippen LogP contribution < -0.4 is 5.32 Å². The zero-order valence-electron chi connectivity index (χ0n) is 31.9. The van der Waals surface area contributed by atoms with Gasteiger partial charge in [-0.25, -0.2) is 19.6 Å². The average molecular weight is 772 g/mol. The number of nitrogens with one attached hydrogen (secondary N) is 1. The highest BCUT2D eigenvalue weighted by molar-refractivity contribution is 7.11. The molecule has 11 heteroatoms. The van der Waals surface area contributed by atoms with Gasteiger partial charge in [0.1, 0.15) is 22.2 Å². The molecule has 1 saturated carbocycles. The molecule has 4 heterocycles. The third-order valence-electron chi connectivity index (χ3n) is 10.3. The van der Waals surface area contributed by atoms with Crippen LogP contribution in [0.3, 0.4) is 0 Å². The van der Waals surface area contributed by atoms with E-state index < -0.39 is 47.2 Å². The van der Waals surface area contributed by atoms with Gasteiger partial charge in [-0.1, -0.05) is 113 Å². The number of aliphatic hydroxyl groups is 2. The number of nitrogens with zero attached hydrogens (tertiary/aromatic N) is 2. The second-order valence-corrected chi connectivity index (χ2v) is 16.9. The molecule has 9 nitrogen and oxygen atoms in total. The summed E-state index contributed by atoms with van der Waals surface area (Å²) in [7, 11) is 0. The number of carbonyl (C=O) groups excluding carboxylic acids is 2. The molecule has 8 atom stereocenters. The van der Waals surface area contributed by atoms with Crippen LogP contribution in [-0.2, 0) is 9.47 Å². The van der Waals surface area contributed by atoms with Gasteiger partial charge < -0.3 is 25.0 Å². The highest BCUT2D eigenvalue weighted by atomic mass is 32.1. The predicted octanol–water partition coefficient (Wildman–Crippen LogP) is 8.30. The molecule has 4 bridgehead atoms. The standard InChI is InChI=1S/C43H53N3O6S2/c1-7-15-34(47)42(3,4)36-21-13-18-29-25-28(29)17-9-11-23-38-45-33(26-53-38)41(50)52-37(43(5,6)35(48)16-8-2)22-14-20-31-30(44-31)19-10-12-24-39-46-32(27-54-39)40(49)51-36/h7-20,23-24,26-31,34-37,44,47-48H,21-22,25H2,1-6H3/b15-7+,16-8+,17-9+,18-13-,19-10+,20-14-,23-11-,24-12-/t28-,29+,30+,31-,34+,35+,36+,37+/m1/s1. The first-order valence-corrected chi connectivity index (χ1v) is 20.3. The summed E-state index contributed by atoms with van der Waals surface area (Å²) in [5.74, 6) is -0.270. The Morgan fingerprint density at radius 3 is 1.70 bits per heavy atom. The summed E-state index contributed by atoms with van der Waals surface area (Å²) in [6, 6.07) is 0.271. The normalized spacial score (nSPS) is 30.5. The minimum Gasteiger partial charge on any atom is -0.457 e. The molecule has 2 aromatic heterocycles. The van der Waals surface area contributed by atoms with Gasteiger partial charge in [0.25, 0.3) is 0 Å². The number of carbonyl (C=O) groups is 2. The molecule has 0 aromatic carbocycles. The van der Waals surface area contributed by atoms with E-state index in [9.17, 15) is 19.8 Å². The molecule has 2 aliphatic heterocycles. The lowest BCUT2D eigenvalue weighted by atomic mass is 9.79. The van der Waals surface area contributed by atoms with Gasteiger partial charge in [-0.15, -0.1) is 22.7 Å². The number of aliphatic hydroxyl groups excluding tert-OH is 2. The van der Waals surface area contributed by atoms with Gasteiger partial charge in [0.15, 0.2) is 11.4 Å². The zero-order valence-corrected chi connectivity index (χ0v) is 33.5. The highest BCUT2D eigenvalue weighted by Crippen LogP contribution is 2.41. The minimum absolute atomic E-state index is 0.127. The van der Waals surface area contributed by atoms with Crippen LogP contribution in [0.15, 0.2) is 95.8 Å². The van der Waals surface area contributed by atoms with E-state index in [4.69, 9.17) is 9.47 Å². The van der Waals surface area contributed by atoms with Crippen molar-refractivity contribution in [2.45, 2.75) is 97.3 Å². The number of hydrogen-bond donors (Lipinski definition) is 3. The first kappa shape index (κ1) is 41.2. The second-order valence-electron chi connectivity index (χ2n) is 15.1. The molecule has 2 fully saturated rings. The summed E-state index contributed by atoms with van der Waals surface area (Å²) in [5, 5.41) is 30.0. The van der Waals surface area contributed by atoms with Crippen LogP contribution in [0.2, 0.25) is 0 Å². The Bertz CT molecular complexity index is 1710. The van der Waals surface area contributed by atoms with Crippen molar-refractivity contribution < 1.29 is 29.3 Å². The van der Waals surface area contributed by atoms with Crippen molar-refractivity contribution in [3.63, 3.8) is 0 Å². The predicted molar refractivity (Wildman–Crippen MR) is 218 cm³/mol. The van der Waals surface area contributed by atoms with Crippen molar-refractivity contribution in [1.29, 1.82) is 0 Å². The molecule has 3 aliphatic rings. The van der Waals surface area contributed by atoms with Gasteiger partial charge in [-0.05, 0) is 44.3 Å². The lowest BCUT2D eigenvalue weighted by Gasteiger charge is -2.36. The van der Waals surface area contributed by atoms with Crippen LogP contribution in [0.4, 0.5) is 0 Å². The first-order chi connectivity index (χ1) is 25.8. The fourth-order valence-corrected chi connectivity index (χ4v) is 7.51. The number of cyclic esters (lactones) is 2. The second kappa shape index (κ2) is 18.6. The van der Waals surface area contributed by atoms with E-state index in [0.717, 1.165) is 6.42 Å². The van der Waals surface area contributed by atoms with Crippen LogP contribution in [0.5, 0.6) is 0 Å². The van der Waals surface area contributed by atoms with E-state index in [1.807, 2.05) is 84.1 Å². The van der Waals surface area contributed by atoms with Crippen molar-refractivity contribution in [1.82, 2.24) is 15.3 Å². The molecular formula is C43H53N3O6S2. The molecule has 288 valence electrons. The summed E-state index contributed by atoms with van der Waals surface area (Å²) < 4.78 is 12.1. The SMILES string of the molecule is C/C=C/[C@H](O)C(C)(C)[C@@H]1C/C=C\[C@H]2N[C@H]2/C=C/C=C\c2nc(cs2)C(=O)O[C@H](C(C)(C)[C@@H](O)/C=C/C)C/C=C\[C@H]2C[C@H]2/C=C/C=C\c2nc(cs2)C(=O)O1. The topological polar surface area (TPSA) is 141 Å². The Labute approximate surface area is 327 Å². The Hall–Kier alpha value is -4.00. The Morgan fingerprint density at radius 1 is 0.722 bits per heavy atom. The maximum Gasteiger partial charge on any atom is 0.358 e. The van der Waals surface area contributed by atoms with Gasteiger partial charge in [-0.3, -0.25) is 0 Å². The third kappa shape index (κ3) is 11.0. The lowest BCUT2D eigenvalue weighted by molar-refractivity contribution is -0.0461. The smallest absolute Gasteiger partial charge is 0.358 e. The number of ether oxygens (including phenoxy) is 2. The number of fused-ring (bicyclic) bond motifs is 6. The summed E-state index contributed by atoms with van der Waals surface area (Å²) >= 11 is 2.73. The summed E-state index contributed by atoms with van der Waals surface area (Å²) in [6.07, 6.45) is 30.1. The minimum atomic E-state index is -0.814. The lowest BCUT2D eigenvalue weighted by Crippen LogP contribution is -2.42. The number of thiazole rings is 2. The van der Waals surface area contributed by atoms with Crippen molar-refractivity contribution >= 4 is 46.8 Å². The number of esters is 2. The molecule has 1 aliphatic carbocycles.